The van der Waals surface area contributed by atoms with Crippen molar-refractivity contribution < 1.29 is 9.21 Å². The molecule has 28 heavy (non-hydrogen) atoms. The van der Waals surface area contributed by atoms with Gasteiger partial charge < -0.3 is 9.73 Å². The fourth-order valence-corrected chi connectivity index (χ4v) is 3.09. The Bertz CT molecular complexity index is 1140. The number of hydrogen-bond donors (Lipinski definition) is 1. The van der Waals surface area contributed by atoms with E-state index >= 15 is 0 Å². The van der Waals surface area contributed by atoms with E-state index in [1.165, 1.54) is 0 Å². The molecule has 0 bridgehead atoms. The Balaban J connectivity index is 1.77. The smallest absolute Gasteiger partial charge is 0.274 e. The number of hydrogen-bond acceptors (Lipinski definition) is 3. The Hall–Kier alpha value is -3.31. The van der Waals surface area contributed by atoms with Gasteiger partial charge in [-0.3, -0.25) is 4.79 Å². The first-order valence-electron chi connectivity index (χ1n) is 8.81. The lowest BCUT2D eigenvalue weighted by Crippen LogP contribution is -2.17. The molecule has 6 heteroatoms. The van der Waals surface area contributed by atoms with Crippen LogP contribution >= 0.6 is 11.6 Å². The highest BCUT2D eigenvalue weighted by molar-refractivity contribution is 6.32. The maximum Gasteiger partial charge on any atom is 0.274 e. The monoisotopic (exact) mass is 391 g/mol. The number of carbonyl (C=O) groups is 1. The third kappa shape index (κ3) is 3.57. The molecule has 4 aromatic rings. The fraction of sp³-hybridized carbons (Fsp3) is 0.0909. The van der Waals surface area contributed by atoms with Gasteiger partial charge in [0.25, 0.3) is 5.91 Å². The number of halogens is 1. The second-order valence-corrected chi connectivity index (χ2v) is 6.92. The number of aryl methyl sites for hydroxylation is 2. The molecular formula is C22H18ClN3O2. The van der Waals surface area contributed by atoms with Gasteiger partial charge >= 0.3 is 0 Å². The largest absolute Gasteiger partial charge is 0.460 e. The molecule has 2 aromatic carbocycles. The molecule has 0 saturated carbocycles. The Morgan fingerprint density at radius 1 is 1.04 bits per heavy atom. The summed E-state index contributed by atoms with van der Waals surface area (Å²) in [6.07, 6.45) is 0. The van der Waals surface area contributed by atoms with Crippen LogP contribution in [-0.2, 0) is 0 Å². The van der Waals surface area contributed by atoms with E-state index in [0.29, 0.717) is 33.5 Å². The van der Waals surface area contributed by atoms with Crippen LogP contribution in [0.1, 0.15) is 21.8 Å². The fourth-order valence-electron chi connectivity index (χ4n) is 2.87. The zero-order valence-corrected chi connectivity index (χ0v) is 16.2. The van der Waals surface area contributed by atoms with E-state index in [1.807, 2.05) is 68.4 Å². The molecule has 5 nitrogen and oxygen atoms in total. The van der Waals surface area contributed by atoms with Crippen molar-refractivity contribution in [3.63, 3.8) is 0 Å². The second-order valence-electron chi connectivity index (χ2n) is 6.51. The normalized spacial score (nSPS) is 10.8. The predicted octanol–water partition coefficient (Wildman–Crippen LogP) is 5.65. The summed E-state index contributed by atoms with van der Waals surface area (Å²) in [4.78, 5) is 13.0. The maximum absolute atomic E-state index is 13.0. The minimum absolute atomic E-state index is 0.286. The van der Waals surface area contributed by atoms with Gasteiger partial charge in [0.15, 0.2) is 5.76 Å². The summed E-state index contributed by atoms with van der Waals surface area (Å²) >= 11 is 6.36. The van der Waals surface area contributed by atoms with E-state index in [0.717, 1.165) is 11.3 Å². The molecule has 0 spiro atoms. The number of nitrogens with one attached hydrogen (secondary N) is 1. The summed E-state index contributed by atoms with van der Waals surface area (Å²) in [7, 11) is 0. The van der Waals surface area contributed by atoms with Crippen LogP contribution in [0.3, 0.4) is 0 Å². The molecule has 0 aliphatic carbocycles. The first kappa shape index (κ1) is 18.1. The average molecular weight is 392 g/mol. The molecule has 1 N–H and O–H groups in total. The lowest BCUT2D eigenvalue weighted by molar-refractivity contribution is 0.101. The van der Waals surface area contributed by atoms with Crippen molar-refractivity contribution in [3.05, 3.63) is 88.8 Å². The first-order valence-corrected chi connectivity index (χ1v) is 9.19. The first-order chi connectivity index (χ1) is 13.5. The predicted molar refractivity (Wildman–Crippen MR) is 110 cm³/mol. The number of para-hydroxylation sites is 1. The van der Waals surface area contributed by atoms with Crippen LogP contribution in [0.5, 0.6) is 0 Å². The molecule has 0 atom stereocenters. The van der Waals surface area contributed by atoms with Gasteiger partial charge in [-0.25, -0.2) is 4.68 Å². The van der Waals surface area contributed by atoms with Crippen molar-refractivity contribution in [2.45, 2.75) is 13.8 Å². The molecule has 0 saturated heterocycles. The zero-order valence-electron chi connectivity index (χ0n) is 15.4. The lowest BCUT2D eigenvalue weighted by atomic mass is 10.2. The highest BCUT2D eigenvalue weighted by Crippen LogP contribution is 2.27. The van der Waals surface area contributed by atoms with Crippen molar-refractivity contribution in [2.75, 3.05) is 5.32 Å². The van der Waals surface area contributed by atoms with E-state index in [4.69, 9.17) is 16.0 Å². The number of nitrogens with zero attached hydrogens (tertiary/aromatic N) is 2. The number of rotatable bonds is 4. The molecule has 4 rings (SSSR count). The van der Waals surface area contributed by atoms with Crippen molar-refractivity contribution in [1.82, 2.24) is 9.78 Å². The van der Waals surface area contributed by atoms with Crippen LogP contribution in [0.2, 0.25) is 5.02 Å². The van der Waals surface area contributed by atoms with Crippen LogP contribution in [0.25, 0.3) is 17.1 Å². The van der Waals surface area contributed by atoms with Gasteiger partial charge in [-0.2, -0.15) is 5.10 Å². The highest BCUT2D eigenvalue weighted by Gasteiger charge is 2.20. The van der Waals surface area contributed by atoms with Crippen molar-refractivity contribution in [3.8, 4) is 17.1 Å². The Kier molecular flexibility index (Phi) is 4.75. The zero-order chi connectivity index (χ0) is 19.7. The van der Waals surface area contributed by atoms with Gasteiger partial charge in [0.2, 0.25) is 0 Å². The third-order valence-electron chi connectivity index (χ3n) is 4.32. The van der Waals surface area contributed by atoms with E-state index < -0.39 is 0 Å². The summed E-state index contributed by atoms with van der Waals surface area (Å²) < 4.78 is 7.22. The molecule has 0 radical (unpaired) electrons. The number of carbonyl (C=O) groups excluding carboxylic acids is 1. The molecule has 2 heterocycles. The van der Waals surface area contributed by atoms with Gasteiger partial charge in [-0.15, -0.1) is 0 Å². The van der Waals surface area contributed by atoms with Gasteiger partial charge in [0, 0.05) is 11.8 Å². The van der Waals surface area contributed by atoms with Crippen LogP contribution in [-0.4, -0.2) is 15.7 Å². The quantitative estimate of drug-likeness (QED) is 0.488. The van der Waals surface area contributed by atoms with E-state index in [9.17, 15) is 4.79 Å². The van der Waals surface area contributed by atoms with Crippen LogP contribution in [0.15, 0.2) is 71.1 Å². The number of benzene rings is 2. The summed E-state index contributed by atoms with van der Waals surface area (Å²) in [5, 5.41) is 7.99. The average Bonchev–Trinajstić information content (AvgIpc) is 3.30. The highest BCUT2D eigenvalue weighted by atomic mass is 35.5. The molecule has 1 amide bonds. The Morgan fingerprint density at radius 3 is 2.46 bits per heavy atom. The van der Waals surface area contributed by atoms with E-state index in [1.54, 1.807) is 16.8 Å². The number of amides is 1. The standard InChI is InChI=1S/C22H18ClN3O2/c1-14-7-10-16(11-8-14)24-22(27)20-13-18(21-12-9-15(2)28-21)25-26(20)19-6-4-3-5-17(19)23/h3-13H,1-2H3,(H,24,27). The summed E-state index contributed by atoms with van der Waals surface area (Å²) in [6, 6.07) is 20.2. The van der Waals surface area contributed by atoms with Crippen LogP contribution in [0, 0.1) is 13.8 Å². The maximum atomic E-state index is 13.0. The van der Waals surface area contributed by atoms with Gasteiger partial charge in [-0.05, 0) is 50.2 Å². The van der Waals surface area contributed by atoms with Gasteiger partial charge in [0.1, 0.15) is 17.1 Å². The summed E-state index contributed by atoms with van der Waals surface area (Å²) in [6.45, 7) is 3.86. The third-order valence-corrected chi connectivity index (χ3v) is 4.64. The second kappa shape index (κ2) is 7.37. The Morgan fingerprint density at radius 2 is 1.79 bits per heavy atom. The SMILES string of the molecule is Cc1ccc(NC(=O)c2cc(-c3ccc(C)o3)nn2-c2ccccc2Cl)cc1. The molecular weight excluding hydrogens is 374 g/mol. The van der Waals surface area contributed by atoms with Gasteiger partial charge in [0.05, 0.1) is 10.7 Å². The van der Waals surface area contributed by atoms with Crippen molar-refractivity contribution in [1.29, 1.82) is 0 Å². The molecule has 0 fully saturated rings. The molecule has 140 valence electrons. The molecule has 0 aliphatic heterocycles. The van der Waals surface area contributed by atoms with E-state index in [2.05, 4.69) is 10.4 Å². The van der Waals surface area contributed by atoms with E-state index in [-0.39, 0.29) is 5.91 Å². The lowest BCUT2D eigenvalue weighted by Gasteiger charge is -2.09. The molecule has 0 aliphatic rings. The summed E-state index contributed by atoms with van der Waals surface area (Å²) in [5.41, 5.74) is 3.36. The summed E-state index contributed by atoms with van der Waals surface area (Å²) in [5.74, 6) is 1.08. The number of anilines is 1. The van der Waals surface area contributed by atoms with Crippen molar-refractivity contribution in [2.24, 2.45) is 0 Å². The molecule has 0 unspecified atom stereocenters. The van der Waals surface area contributed by atoms with Crippen LogP contribution < -0.4 is 5.32 Å². The molecule has 2 aromatic heterocycles. The van der Waals surface area contributed by atoms with Crippen molar-refractivity contribution >= 4 is 23.2 Å². The number of aromatic nitrogens is 2. The topological polar surface area (TPSA) is 60.1 Å². The number of furan rings is 1. The van der Waals surface area contributed by atoms with Gasteiger partial charge in [-0.1, -0.05) is 41.4 Å². The minimum atomic E-state index is -0.286. The Labute approximate surface area is 167 Å². The minimum Gasteiger partial charge on any atom is -0.460 e. The van der Waals surface area contributed by atoms with Crippen LogP contribution in [0.4, 0.5) is 5.69 Å².